The van der Waals surface area contributed by atoms with Crippen molar-refractivity contribution in [3.05, 3.63) is 35.1 Å². The second kappa shape index (κ2) is 4.43. The highest BCUT2D eigenvalue weighted by molar-refractivity contribution is 5.29. The van der Waals surface area contributed by atoms with Crippen LogP contribution in [0.15, 0.2) is 18.2 Å². The van der Waals surface area contributed by atoms with E-state index in [2.05, 4.69) is 0 Å². The molecule has 0 aliphatic heterocycles. The fourth-order valence-corrected chi connectivity index (χ4v) is 1.15. The molecule has 4 N–H and O–H groups in total. The van der Waals surface area contributed by atoms with Crippen LogP contribution in [0.25, 0.3) is 0 Å². The summed E-state index contributed by atoms with van der Waals surface area (Å²) in [4.78, 5) is 0. The lowest BCUT2D eigenvalue weighted by molar-refractivity contribution is 0.146. The molecule has 1 aromatic carbocycles. The first kappa shape index (κ1) is 11.0. The molecule has 0 amide bonds. The Balaban J connectivity index is 3.13. The van der Waals surface area contributed by atoms with E-state index in [0.29, 0.717) is 0 Å². The molecule has 0 heterocycles. The number of rotatable bonds is 3. The molecule has 14 heavy (non-hydrogen) atoms. The summed E-state index contributed by atoms with van der Waals surface area (Å²) in [6, 6.07) is 3.00. The smallest absolute Gasteiger partial charge is 0.266 e. The summed E-state index contributed by atoms with van der Waals surface area (Å²) in [6.07, 6.45) is -2.83. The van der Waals surface area contributed by atoms with Crippen molar-refractivity contribution in [2.75, 3.05) is 6.54 Å². The molecular weight excluding hydrogens is 193 g/mol. The highest BCUT2D eigenvalue weighted by atomic mass is 19.3. The third kappa shape index (κ3) is 2.05. The monoisotopic (exact) mass is 204 g/mol. The molecule has 0 saturated heterocycles. The Hall–Kier alpha value is -1.07. The number of hydrogen-bond donors (Lipinski definition) is 2. The molecule has 1 rings (SSSR count). The van der Waals surface area contributed by atoms with Crippen LogP contribution in [-0.2, 0) is 0 Å². The molecule has 0 radical (unpaired) electrons. The van der Waals surface area contributed by atoms with E-state index in [9.17, 15) is 13.2 Å². The maximum atomic E-state index is 13.3. The van der Waals surface area contributed by atoms with Crippen molar-refractivity contribution in [1.29, 1.82) is 0 Å². The predicted molar refractivity (Wildman–Crippen MR) is 47.3 cm³/mol. The molecule has 0 bridgehead atoms. The van der Waals surface area contributed by atoms with Crippen molar-refractivity contribution < 1.29 is 13.2 Å². The Kier molecular flexibility index (Phi) is 3.49. The van der Waals surface area contributed by atoms with Crippen LogP contribution in [0.4, 0.5) is 13.2 Å². The summed E-state index contributed by atoms with van der Waals surface area (Å²) in [5.74, 6) is -0.958. The van der Waals surface area contributed by atoms with E-state index in [1.165, 1.54) is 12.1 Å². The van der Waals surface area contributed by atoms with Gasteiger partial charge in [0.1, 0.15) is 5.82 Å². The topological polar surface area (TPSA) is 52.0 Å². The minimum atomic E-state index is -2.83. The van der Waals surface area contributed by atoms with Gasteiger partial charge < -0.3 is 11.5 Å². The quantitative estimate of drug-likeness (QED) is 0.787. The van der Waals surface area contributed by atoms with Gasteiger partial charge in [-0.15, -0.1) is 0 Å². The molecule has 0 aromatic heterocycles. The van der Waals surface area contributed by atoms with Crippen molar-refractivity contribution in [2.24, 2.45) is 11.5 Å². The number of benzene rings is 1. The fourth-order valence-electron chi connectivity index (χ4n) is 1.15. The van der Waals surface area contributed by atoms with Gasteiger partial charge in [0.15, 0.2) is 0 Å². The normalized spacial score (nSPS) is 13.3. The number of nitrogens with two attached hydrogens (primary N) is 2. The van der Waals surface area contributed by atoms with Gasteiger partial charge in [-0.1, -0.05) is 18.2 Å². The zero-order chi connectivity index (χ0) is 10.7. The number of hydrogen-bond acceptors (Lipinski definition) is 2. The van der Waals surface area contributed by atoms with Crippen molar-refractivity contribution >= 4 is 0 Å². The molecule has 0 aliphatic carbocycles. The van der Waals surface area contributed by atoms with Crippen LogP contribution >= 0.6 is 0 Å². The SMILES string of the molecule is NC[C@H](N)c1cccc(C(F)F)c1F. The largest absolute Gasteiger partial charge is 0.329 e. The van der Waals surface area contributed by atoms with Crippen LogP contribution in [0.3, 0.4) is 0 Å². The summed E-state index contributed by atoms with van der Waals surface area (Å²) in [5.41, 5.74) is 10.1. The summed E-state index contributed by atoms with van der Waals surface area (Å²) in [5, 5.41) is 0. The fraction of sp³-hybridized carbons (Fsp3) is 0.333. The van der Waals surface area contributed by atoms with E-state index in [4.69, 9.17) is 11.5 Å². The Morgan fingerprint density at radius 3 is 2.29 bits per heavy atom. The second-order valence-electron chi connectivity index (χ2n) is 2.89. The van der Waals surface area contributed by atoms with Crippen molar-refractivity contribution in [3.8, 4) is 0 Å². The van der Waals surface area contributed by atoms with Gasteiger partial charge in [0.25, 0.3) is 6.43 Å². The number of halogens is 3. The molecule has 0 spiro atoms. The molecule has 1 aromatic rings. The Labute approximate surface area is 79.7 Å². The first-order valence-corrected chi connectivity index (χ1v) is 4.10. The van der Waals surface area contributed by atoms with Gasteiger partial charge in [-0.25, -0.2) is 13.2 Å². The molecule has 78 valence electrons. The van der Waals surface area contributed by atoms with Gasteiger partial charge in [0.2, 0.25) is 0 Å². The molecule has 0 aliphatic rings. The highest BCUT2D eigenvalue weighted by Gasteiger charge is 2.18. The molecule has 2 nitrogen and oxygen atoms in total. The summed E-state index contributed by atoms with van der Waals surface area (Å²) in [6.45, 7) is 0.0175. The maximum Gasteiger partial charge on any atom is 0.266 e. The van der Waals surface area contributed by atoms with E-state index in [1.54, 1.807) is 0 Å². The van der Waals surface area contributed by atoms with Crippen LogP contribution in [0.1, 0.15) is 23.6 Å². The summed E-state index contributed by atoms with van der Waals surface area (Å²) in [7, 11) is 0. The summed E-state index contributed by atoms with van der Waals surface area (Å²) >= 11 is 0. The first-order valence-electron chi connectivity index (χ1n) is 4.10. The minimum Gasteiger partial charge on any atom is -0.329 e. The molecule has 0 saturated carbocycles. The standard InChI is InChI=1S/C9H11F3N2/c10-8-5(7(14)4-13)2-1-3-6(8)9(11)12/h1-3,7,9H,4,13-14H2/t7-/m0/s1. The lowest BCUT2D eigenvalue weighted by atomic mass is 10.0. The van der Waals surface area contributed by atoms with E-state index < -0.39 is 23.8 Å². The van der Waals surface area contributed by atoms with E-state index in [1.807, 2.05) is 0 Å². The molecule has 0 fully saturated rings. The van der Waals surface area contributed by atoms with E-state index in [-0.39, 0.29) is 12.1 Å². The zero-order valence-corrected chi connectivity index (χ0v) is 7.38. The third-order valence-corrected chi connectivity index (χ3v) is 1.95. The molecular formula is C9H11F3N2. The van der Waals surface area contributed by atoms with Gasteiger partial charge in [-0.05, 0) is 0 Å². The zero-order valence-electron chi connectivity index (χ0n) is 7.38. The van der Waals surface area contributed by atoms with E-state index >= 15 is 0 Å². The van der Waals surface area contributed by atoms with Crippen LogP contribution in [0, 0.1) is 5.82 Å². The van der Waals surface area contributed by atoms with Gasteiger partial charge in [0, 0.05) is 18.2 Å². The lowest BCUT2D eigenvalue weighted by Crippen LogP contribution is -2.22. The second-order valence-corrected chi connectivity index (χ2v) is 2.89. The van der Waals surface area contributed by atoms with Crippen LogP contribution in [0.5, 0.6) is 0 Å². The summed E-state index contributed by atoms with van der Waals surface area (Å²) < 4.78 is 37.9. The van der Waals surface area contributed by atoms with Crippen LogP contribution in [-0.4, -0.2) is 6.54 Å². The Morgan fingerprint density at radius 1 is 1.21 bits per heavy atom. The molecule has 1 atom stereocenters. The van der Waals surface area contributed by atoms with Gasteiger partial charge in [-0.2, -0.15) is 0 Å². The Bertz CT molecular complexity index is 315. The average molecular weight is 204 g/mol. The number of alkyl halides is 2. The molecule has 0 unspecified atom stereocenters. The highest BCUT2D eigenvalue weighted by Crippen LogP contribution is 2.26. The lowest BCUT2D eigenvalue weighted by Gasteiger charge is -2.12. The van der Waals surface area contributed by atoms with Crippen molar-refractivity contribution in [1.82, 2.24) is 0 Å². The Morgan fingerprint density at radius 2 is 1.79 bits per heavy atom. The van der Waals surface area contributed by atoms with Gasteiger partial charge in [-0.3, -0.25) is 0 Å². The molecule has 5 heteroatoms. The van der Waals surface area contributed by atoms with Crippen LogP contribution in [0.2, 0.25) is 0 Å². The average Bonchev–Trinajstić information content (AvgIpc) is 2.16. The van der Waals surface area contributed by atoms with Crippen molar-refractivity contribution in [2.45, 2.75) is 12.5 Å². The van der Waals surface area contributed by atoms with Crippen molar-refractivity contribution in [3.63, 3.8) is 0 Å². The van der Waals surface area contributed by atoms with Crippen LogP contribution < -0.4 is 11.5 Å². The van der Waals surface area contributed by atoms with E-state index in [0.717, 1.165) is 6.07 Å². The van der Waals surface area contributed by atoms with Gasteiger partial charge >= 0.3 is 0 Å². The maximum absolute atomic E-state index is 13.3. The first-order chi connectivity index (χ1) is 6.57. The van der Waals surface area contributed by atoms with Gasteiger partial charge in [0.05, 0.1) is 5.56 Å². The minimum absolute atomic E-state index is 0.0175. The predicted octanol–water partition coefficient (Wildman–Crippen LogP) is 1.72. The third-order valence-electron chi connectivity index (χ3n) is 1.95.